The molecule has 2 N–H and O–H groups in total. The van der Waals surface area contributed by atoms with Gasteiger partial charge in [0.2, 0.25) is 0 Å². The molecule has 0 aliphatic carbocycles. The van der Waals surface area contributed by atoms with Gasteiger partial charge < -0.3 is 10.6 Å². The molecule has 1 unspecified atom stereocenters. The van der Waals surface area contributed by atoms with E-state index in [9.17, 15) is 0 Å². The number of halogens is 1. The molecule has 0 aromatic carbocycles. The van der Waals surface area contributed by atoms with Crippen LogP contribution in [0, 0.1) is 0 Å². The van der Waals surface area contributed by atoms with Crippen LogP contribution in [-0.2, 0) is 0 Å². The average molecular weight is 288 g/mol. The first-order valence-electron chi connectivity index (χ1n) is 6.46. The van der Waals surface area contributed by atoms with E-state index in [0.717, 1.165) is 18.1 Å². The van der Waals surface area contributed by atoms with Crippen LogP contribution in [0.2, 0.25) is 5.02 Å². The van der Waals surface area contributed by atoms with E-state index < -0.39 is 0 Å². The van der Waals surface area contributed by atoms with Crippen molar-refractivity contribution in [3.8, 4) is 0 Å². The average Bonchev–Trinajstić information content (AvgIpc) is 2.77. The maximum atomic E-state index is 6.01. The largest absolute Gasteiger partial charge is 0.329 e. The lowest BCUT2D eigenvalue weighted by Crippen LogP contribution is -2.44. The van der Waals surface area contributed by atoms with Gasteiger partial charge in [-0.05, 0) is 33.0 Å². The van der Waals surface area contributed by atoms with Crippen LogP contribution in [0.1, 0.15) is 23.8 Å². The summed E-state index contributed by atoms with van der Waals surface area (Å²) in [5.41, 5.74) is 5.95. The number of piperidine rings is 1. The van der Waals surface area contributed by atoms with Crippen molar-refractivity contribution in [3.63, 3.8) is 0 Å². The van der Waals surface area contributed by atoms with Crippen molar-refractivity contribution < 1.29 is 0 Å². The molecule has 0 spiro atoms. The highest BCUT2D eigenvalue weighted by molar-refractivity contribution is 7.10. The van der Waals surface area contributed by atoms with Gasteiger partial charge in [-0.15, -0.1) is 11.3 Å². The Balaban J connectivity index is 1.98. The first-order valence-corrected chi connectivity index (χ1v) is 7.72. The van der Waals surface area contributed by atoms with Gasteiger partial charge >= 0.3 is 0 Å². The highest BCUT2D eigenvalue weighted by atomic mass is 35.5. The first-order chi connectivity index (χ1) is 8.61. The highest BCUT2D eigenvalue weighted by Gasteiger charge is 2.26. The molecule has 0 amide bonds. The van der Waals surface area contributed by atoms with Gasteiger partial charge in [-0.1, -0.05) is 11.6 Å². The molecule has 1 fully saturated rings. The second-order valence-electron chi connectivity index (χ2n) is 5.15. The fraction of sp³-hybridized carbons (Fsp3) is 0.692. The Kier molecular flexibility index (Phi) is 5.04. The van der Waals surface area contributed by atoms with Crippen molar-refractivity contribution in [2.24, 2.45) is 5.73 Å². The van der Waals surface area contributed by atoms with Crippen LogP contribution < -0.4 is 5.73 Å². The second kappa shape index (κ2) is 6.35. The summed E-state index contributed by atoms with van der Waals surface area (Å²) in [4.78, 5) is 6.13. The van der Waals surface area contributed by atoms with Gasteiger partial charge in [-0.3, -0.25) is 4.90 Å². The third-order valence-electron chi connectivity index (χ3n) is 3.81. The lowest BCUT2D eigenvalue weighted by atomic mass is 10.0. The molecule has 18 heavy (non-hydrogen) atoms. The first kappa shape index (κ1) is 14.3. The zero-order valence-electron chi connectivity index (χ0n) is 11.1. The van der Waals surface area contributed by atoms with Crippen molar-refractivity contribution in [1.82, 2.24) is 9.80 Å². The molecule has 3 nitrogen and oxygen atoms in total. The maximum Gasteiger partial charge on any atom is 0.0564 e. The molecule has 0 bridgehead atoms. The summed E-state index contributed by atoms with van der Waals surface area (Å²) in [7, 11) is 4.33. The molecule has 1 saturated heterocycles. The molecule has 5 heteroatoms. The number of hydrogen-bond acceptors (Lipinski definition) is 4. The molecule has 1 atom stereocenters. The molecule has 0 saturated carbocycles. The predicted octanol–water partition coefficient (Wildman–Crippen LogP) is 2.43. The van der Waals surface area contributed by atoms with E-state index >= 15 is 0 Å². The quantitative estimate of drug-likeness (QED) is 0.923. The SMILES string of the molecule is CN(C)C1CCN(C(CN)c2cc(Cl)cs2)CC1. The molecule has 2 rings (SSSR count). The van der Waals surface area contributed by atoms with Crippen LogP contribution in [-0.4, -0.2) is 49.6 Å². The maximum absolute atomic E-state index is 6.01. The lowest BCUT2D eigenvalue weighted by molar-refractivity contribution is 0.112. The van der Waals surface area contributed by atoms with Crippen LogP contribution in [0.5, 0.6) is 0 Å². The van der Waals surface area contributed by atoms with E-state index in [4.69, 9.17) is 17.3 Å². The van der Waals surface area contributed by atoms with Crippen LogP contribution >= 0.6 is 22.9 Å². The van der Waals surface area contributed by atoms with Crippen molar-refractivity contribution in [1.29, 1.82) is 0 Å². The van der Waals surface area contributed by atoms with Crippen LogP contribution in [0.25, 0.3) is 0 Å². The van der Waals surface area contributed by atoms with E-state index in [-0.39, 0.29) is 0 Å². The molecule has 0 radical (unpaired) electrons. The summed E-state index contributed by atoms with van der Waals surface area (Å²) in [5.74, 6) is 0. The Bertz CT molecular complexity index is 372. The van der Waals surface area contributed by atoms with Gasteiger partial charge in [0.15, 0.2) is 0 Å². The molecule has 102 valence electrons. The fourth-order valence-corrected chi connectivity index (χ4v) is 3.89. The second-order valence-corrected chi connectivity index (χ2v) is 6.53. The topological polar surface area (TPSA) is 32.5 Å². The molecular weight excluding hydrogens is 266 g/mol. The molecule has 1 aliphatic heterocycles. The number of nitrogens with two attached hydrogens (primary N) is 1. The minimum atomic E-state index is 0.339. The molecular formula is C13H22ClN3S. The third kappa shape index (κ3) is 3.25. The van der Waals surface area contributed by atoms with Crippen molar-refractivity contribution in [3.05, 3.63) is 21.3 Å². The Hall–Kier alpha value is -0.130. The summed E-state index contributed by atoms with van der Waals surface area (Å²) in [5, 5.41) is 2.82. The van der Waals surface area contributed by atoms with E-state index in [1.54, 1.807) is 11.3 Å². The molecule has 1 aliphatic rings. The summed E-state index contributed by atoms with van der Waals surface area (Å²) >= 11 is 7.73. The van der Waals surface area contributed by atoms with Gasteiger partial charge in [0.05, 0.1) is 11.1 Å². The van der Waals surface area contributed by atoms with Crippen LogP contribution in [0.15, 0.2) is 11.4 Å². The minimum Gasteiger partial charge on any atom is -0.329 e. The summed E-state index contributed by atoms with van der Waals surface area (Å²) in [6.07, 6.45) is 2.45. The van der Waals surface area contributed by atoms with Gasteiger partial charge in [0.25, 0.3) is 0 Å². The smallest absolute Gasteiger partial charge is 0.0564 e. The number of hydrogen-bond donors (Lipinski definition) is 1. The Morgan fingerprint density at radius 2 is 2.17 bits per heavy atom. The Morgan fingerprint density at radius 1 is 1.50 bits per heavy atom. The Morgan fingerprint density at radius 3 is 2.61 bits per heavy atom. The van der Waals surface area contributed by atoms with Gasteiger partial charge in [0.1, 0.15) is 0 Å². The van der Waals surface area contributed by atoms with Crippen molar-refractivity contribution in [2.75, 3.05) is 33.7 Å². The fourth-order valence-electron chi connectivity index (χ4n) is 2.66. The highest BCUT2D eigenvalue weighted by Crippen LogP contribution is 2.30. The third-order valence-corrected chi connectivity index (χ3v) is 5.19. The predicted molar refractivity (Wildman–Crippen MR) is 79.4 cm³/mol. The number of nitrogens with zero attached hydrogens (tertiary/aromatic N) is 2. The van der Waals surface area contributed by atoms with Crippen LogP contribution in [0.3, 0.4) is 0 Å². The monoisotopic (exact) mass is 287 g/mol. The molecule has 1 aromatic heterocycles. The number of thiophene rings is 1. The molecule has 1 aromatic rings. The van der Waals surface area contributed by atoms with Crippen molar-refractivity contribution >= 4 is 22.9 Å². The number of likely N-dealkylation sites (tertiary alicyclic amines) is 1. The van der Waals surface area contributed by atoms with E-state index in [1.807, 2.05) is 5.38 Å². The normalized spacial score (nSPS) is 20.5. The van der Waals surface area contributed by atoms with Crippen LogP contribution in [0.4, 0.5) is 0 Å². The van der Waals surface area contributed by atoms with E-state index in [1.165, 1.54) is 17.7 Å². The lowest BCUT2D eigenvalue weighted by Gasteiger charge is -2.38. The zero-order chi connectivity index (χ0) is 13.1. The standard InChI is InChI=1S/C13H22ClN3S/c1-16(2)11-3-5-17(6-4-11)12(8-15)13-7-10(14)9-18-13/h7,9,11-12H,3-6,8,15H2,1-2H3. The summed E-state index contributed by atoms with van der Waals surface area (Å²) in [6.45, 7) is 2.92. The Labute approximate surface area is 119 Å². The summed E-state index contributed by atoms with van der Waals surface area (Å²) < 4.78 is 0. The van der Waals surface area contributed by atoms with Gasteiger partial charge in [0, 0.05) is 35.9 Å². The van der Waals surface area contributed by atoms with Gasteiger partial charge in [-0.2, -0.15) is 0 Å². The van der Waals surface area contributed by atoms with Gasteiger partial charge in [-0.25, -0.2) is 0 Å². The van der Waals surface area contributed by atoms with E-state index in [0.29, 0.717) is 18.6 Å². The van der Waals surface area contributed by atoms with E-state index in [2.05, 4.69) is 30.0 Å². The minimum absolute atomic E-state index is 0.339. The molecule has 2 heterocycles. The van der Waals surface area contributed by atoms with Crippen molar-refractivity contribution in [2.45, 2.75) is 24.9 Å². The zero-order valence-corrected chi connectivity index (χ0v) is 12.7. The summed E-state index contributed by atoms with van der Waals surface area (Å²) in [6, 6.07) is 3.11. The number of rotatable bonds is 4.